The molecular formula is C25H30FN3O2. The molecule has 2 aliphatic heterocycles. The van der Waals surface area contributed by atoms with Gasteiger partial charge in [0.05, 0.1) is 6.10 Å². The molecule has 0 spiro atoms. The average molecular weight is 424 g/mol. The van der Waals surface area contributed by atoms with Crippen LogP contribution in [0.15, 0.2) is 46.8 Å². The predicted molar refractivity (Wildman–Crippen MR) is 120 cm³/mol. The van der Waals surface area contributed by atoms with Gasteiger partial charge in [0.1, 0.15) is 11.6 Å². The van der Waals surface area contributed by atoms with Crippen molar-refractivity contribution in [2.24, 2.45) is 5.92 Å². The number of hydrogen-bond acceptors (Lipinski definition) is 4. The summed E-state index contributed by atoms with van der Waals surface area (Å²) >= 11 is 0. The van der Waals surface area contributed by atoms with Gasteiger partial charge < -0.3 is 10.0 Å². The van der Waals surface area contributed by atoms with Crippen LogP contribution in [0.25, 0.3) is 6.08 Å². The number of aryl methyl sites for hydroxylation is 1. The van der Waals surface area contributed by atoms with Crippen molar-refractivity contribution in [2.75, 3.05) is 19.6 Å². The molecule has 1 atom stereocenters. The van der Waals surface area contributed by atoms with Crippen molar-refractivity contribution in [3.63, 3.8) is 0 Å². The molecule has 164 valence electrons. The van der Waals surface area contributed by atoms with Crippen molar-refractivity contribution in [3.05, 3.63) is 80.8 Å². The first-order chi connectivity index (χ1) is 14.9. The van der Waals surface area contributed by atoms with Gasteiger partial charge >= 0.3 is 0 Å². The van der Waals surface area contributed by atoms with Gasteiger partial charge in [0.2, 0.25) is 0 Å². The van der Waals surface area contributed by atoms with E-state index in [1.54, 1.807) is 16.7 Å². The number of benzene rings is 1. The zero-order valence-electron chi connectivity index (χ0n) is 18.2. The summed E-state index contributed by atoms with van der Waals surface area (Å²) < 4.78 is 14.9. The summed E-state index contributed by atoms with van der Waals surface area (Å²) in [5.74, 6) is 0.603. The fourth-order valence-corrected chi connectivity index (χ4v) is 4.52. The summed E-state index contributed by atoms with van der Waals surface area (Å²) in [6.07, 6.45) is 7.83. The highest BCUT2D eigenvalue weighted by Gasteiger charge is 2.26. The van der Waals surface area contributed by atoms with E-state index in [2.05, 4.69) is 9.88 Å². The maximum absolute atomic E-state index is 13.1. The molecule has 5 nitrogen and oxygen atoms in total. The van der Waals surface area contributed by atoms with E-state index in [0.29, 0.717) is 13.0 Å². The Hall–Kier alpha value is -2.57. The highest BCUT2D eigenvalue weighted by Crippen LogP contribution is 2.30. The quantitative estimate of drug-likeness (QED) is 0.798. The Balaban J connectivity index is 1.37. The third-order valence-electron chi connectivity index (χ3n) is 6.56. The van der Waals surface area contributed by atoms with E-state index in [1.807, 2.05) is 32.1 Å². The number of halogens is 1. The maximum Gasteiger partial charge on any atom is 0.257 e. The van der Waals surface area contributed by atoms with Crippen LogP contribution in [0.1, 0.15) is 48.5 Å². The molecule has 1 aromatic heterocycles. The Morgan fingerprint density at radius 1 is 1.16 bits per heavy atom. The van der Waals surface area contributed by atoms with Crippen LogP contribution in [0.4, 0.5) is 4.39 Å². The van der Waals surface area contributed by atoms with Gasteiger partial charge in [-0.15, -0.1) is 0 Å². The van der Waals surface area contributed by atoms with Crippen molar-refractivity contribution >= 4 is 6.08 Å². The Labute approximate surface area is 182 Å². The lowest BCUT2D eigenvalue weighted by Gasteiger charge is -2.34. The highest BCUT2D eigenvalue weighted by atomic mass is 19.1. The third-order valence-corrected chi connectivity index (χ3v) is 6.56. The Morgan fingerprint density at radius 3 is 2.58 bits per heavy atom. The zero-order valence-corrected chi connectivity index (χ0v) is 18.2. The molecular weight excluding hydrogens is 393 g/mol. The molecule has 1 unspecified atom stereocenters. The third kappa shape index (κ3) is 4.86. The van der Waals surface area contributed by atoms with E-state index >= 15 is 0 Å². The van der Waals surface area contributed by atoms with Crippen LogP contribution in [0, 0.1) is 18.7 Å². The number of piperidine rings is 1. The molecule has 0 bridgehead atoms. The van der Waals surface area contributed by atoms with Crippen molar-refractivity contribution < 1.29 is 9.50 Å². The first-order valence-corrected chi connectivity index (χ1v) is 11.0. The van der Waals surface area contributed by atoms with Crippen LogP contribution in [0.2, 0.25) is 0 Å². The summed E-state index contributed by atoms with van der Waals surface area (Å²) in [5, 5.41) is 10.7. The fourth-order valence-electron chi connectivity index (χ4n) is 4.52. The standard InChI is InChI=1S/C25H30FN3O2/c1-17-3-8-23-27-18(2)22(25(31)29(23)16-9-17)12-15-28-13-10-20(11-14-28)24(30)19-4-6-21(26)7-5-19/h3-9,20,24,30H,10-16H2,1-2H3. The Bertz CT molecular complexity index is 1050. The minimum atomic E-state index is -0.562. The summed E-state index contributed by atoms with van der Waals surface area (Å²) in [5.41, 5.74) is 3.56. The van der Waals surface area contributed by atoms with E-state index in [1.165, 1.54) is 12.1 Å². The van der Waals surface area contributed by atoms with E-state index in [4.69, 9.17) is 0 Å². The van der Waals surface area contributed by atoms with Gasteiger partial charge in [-0.3, -0.25) is 9.36 Å². The number of likely N-dealkylation sites (tertiary alicyclic amines) is 1. The molecule has 1 aromatic carbocycles. The number of fused-ring (bicyclic) bond motifs is 1. The van der Waals surface area contributed by atoms with E-state index < -0.39 is 6.10 Å². The normalized spacial score (nSPS) is 18.4. The largest absolute Gasteiger partial charge is 0.388 e. The first-order valence-electron chi connectivity index (χ1n) is 11.0. The average Bonchev–Trinajstić information content (AvgIpc) is 2.95. The fraction of sp³-hybridized carbons (Fsp3) is 0.440. The Kier molecular flexibility index (Phi) is 6.49. The van der Waals surface area contributed by atoms with Gasteiger partial charge in [-0.05, 0) is 75.9 Å². The number of aromatic nitrogens is 2. The van der Waals surface area contributed by atoms with Crippen molar-refractivity contribution in [2.45, 2.75) is 45.8 Å². The molecule has 3 heterocycles. The molecule has 2 aliphatic rings. The molecule has 2 aromatic rings. The maximum atomic E-state index is 13.1. The number of hydrogen-bond donors (Lipinski definition) is 1. The number of nitrogens with zero attached hydrogens (tertiary/aromatic N) is 3. The zero-order chi connectivity index (χ0) is 22.0. The van der Waals surface area contributed by atoms with Gasteiger partial charge in [0.15, 0.2) is 0 Å². The second-order valence-electron chi connectivity index (χ2n) is 8.66. The van der Waals surface area contributed by atoms with Gasteiger partial charge in [-0.1, -0.05) is 29.9 Å². The van der Waals surface area contributed by atoms with Gasteiger partial charge in [0.25, 0.3) is 5.56 Å². The molecule has 31 heavy (non-hydrogen) atoms. The molecule has 1 saturated heterocycles. The summed E-state index contributed by atoms with van der Waals surface area (Å²) in [4.78, 5) is 20.1. The minimum Gasteiger partial charge on any atom is -0.388 e. The summed E-state index contributed by atoms with van der Waals surface area (Å²) in [7, 11) is 0. The second kappa shape index (κ2) is 9.28. The SMILES string of the molecule is CC1=CCn2c(nc(C)c(CCN3CCC(C(O)c4ccc(F)cc4)CC3)c2=O)C=C1. The molecule has 0 saturated carbocycles. The monoisotopic (exact) mass is 423 g/mol. The van der Waals surface area contributed by atoms with Gasteiger partial charge in [-0.25, -0.2) is 9.37 Å². The van der Waals surface area contributed by atoms with Crippen LogP contribution in [-0.4, -0.2) is 39.2 Å². The van der Waals surface area contributed by atoms with E-state index in [0.717, 1.165) is 60.7 Å². The summed E-state index contributed by atoms with van der Waals surface area (Å²) in [6.45, 7) is 7.07. The molecule has 0 aliphatic carbocycles. The molecule has 0 amide bonds. The molecule has 6 heteroatoms. The van der Waals surface area contributed by atoms with Gasteiger partial charge in [0, 0.05) is 24.3 Å². The topological polar surface area (TPSA) is 58.4 Å². The van der Waals surface area contributed by atoms with Crippen molar-refractivity contribution in [3.8, 4) is 0 Å². The second-order valence-corrected chi connectivity index (χ2v) is 8.66. The van der Waals surface area contributed by atoms with E-state index in [-0.39, 0.29) is 17.3 Å². The van der Waals surface area contributed by atoms with E-state index in [9.17, 15) is 14.3 Å². The smallest absolute Gasteiger partial charge is 0.257 e. The molecule has 1 N–H and O–H groups in total. The number of allylic oxidation sites excluding steroid dienone is 3. The lowest BCUT2D eigenvalue weighted by Crippen LogP contribution is -2.38. The molecule has 0 radical (unpaired) electrons. The predicted octanol–water partition coefficient (Wildman–Crippen LogP) is 3.65. The lowest BCUT2D eigenvalue weighted by atomic mass is 9.87. The summed E-state index contributed by atoms with van der Waals surface area (Å²) in [6, 6.07) is 6.13. The first kappa shape index (κ1) is 21.7. The number of rotatable bonds is 5. The minimum absolute atomic E-state index is 0.0553. The lowest BCUT2D eigenvalue weighted by molar-refractivity contribution is 0.0591. The van der Waals surface area contributed by atoms with Crippen molar-refractivity contribution in [1.29, 1.82) is 0 Å². The van der Waals surface area contributed by atoms with Crippen molar-refractivity contribution in [1.82, 2.24) is 14.5 Å². The van der Waals surface area contributed by atoms with Crippen LogP contribution >= 0.6 is 0 Å². The molecule has 1 fully saturated rings. The Morgan fingerprint density at radius 2 is 1.87 bits per heavy atom. The number of aliphatic hydroxyl groups excluding tert-OH is 1. The van der Waals surface area contributed by atoms with Crippen LogP contribution in [0.5, 0.6) is 0 Å². The van der Waals surface area contributed by atoms with Gasteiger partial charge in [-0.2, -0.15) is 0 Å². The highest BCUT2D eigenvalue weighted by molar-refractivity contribution is 5.48. The van der Waals surface area contributed by atoms with Crippen LogP contribution in [-0.2, 0) is 13.0 Å². The number of aliphatic hydroxyl groups is 1. The van der Waals surface area contributed by atoms with Crippen LogP contribution < -0.4 is 5.56 Å². The van der Waals surface area contributed by atoms with Crippen LogP contribution in [0.3, 0.4) is 0 Å². The molecule has 4 rings (SSSR count).